The summed E-state index contributed by atoms with van der Waals surface area (Å²) in [5, 5.41) is 9.32. The van der Waals surface area contributed by atoms with Gasteiger partial charge in [0, 0.05) is 19.8 Å². The highest BCUT2D eigenvalue weighted by molar-refractivity contribution is 9.10. The van der Waals surface area contributed by atoms with Crippen LogP contribution in [0.3, 0.4) is 0 Å². The maximum absolute atomic E-state index is 12.3. The Morgan fingerprint density at radius 2 is 2.09 bits per heavy atom. The molecular formula is C14H19BrClN5O. The summed E-state index contributed by atoms with van der Waals surface area (Å²) in [6.07, 6.45) is 1.91. The zero-order chi connectivity index (χ0) is 16.4. The predicted molar refractivity (Wildman–Crippen MR) is 88.8 cm³/mol. The maximum atomic E-state index is 12.3. The van der Waals surface area contributed by atoms with Crippen LogP contribution in [0.25, 0.3) is 0 Å². The number of rotatable bonds is 5. The predicted octanol–water partition coefficient (Wildman–Crippen LogP) is 2.79. The van der Waals surface area contributed by atoms with Crippen molar-refractivity contribution in [2.75, 3.05) is 7.05 Å². The second kappa shape index (κ2) is 6.83. The molecular weight excluding hydrogens is 370 g/mol. The van der Waals surface area contributed by atoms with E-state index >= 15 is 0 Å². The van der Waals surface area contributed by atoms with Gasteiger partial charge in [0.2, 0.25) is 5.91 Å². The number of amides is 1. The average molecular weight is 389 g/mol. The Hall–Kier alpha value is -1.34. The molecule has 0 aliphatic rings. The Morgan fingerprint density at radius 3 is 2.59 bits per heavy atom. The lowest BCUT2D eigenvalue weighted by molar-refractivity contribution is -0.131. The van der Waals surface area contributed by atoms with Gasteiger partial charge in [-0.3, -0.25) is 14.2 Å². The molecule has 0 fully saturated rings. The molecule has 0 saturated heterocycles. The van der Waals surface area contributed by atoms with Crippen LogP contribution in [0, 0.1) is 13.8 Å². The molecule has 0 atom stereocenters. The molecule has 2 rings (SSSR count). The van der Waals surface area contributed by atoms with E-state index in [9.17, 15) is 4.79 Å². The molecule has 8 heteroatoms. The molecule has 0 aliphatic carbocycles. The van der Waals surface area contributed by atoms with Crippen LogP contribution < -0.4 is 0 Å². The van der Waals surface area contributed by atoms with Gasteiger partial charge < -0.3 is 4.90 Å². The number of halogens is 2. The third-order valence-electron chi connectivity index (χ3n) is 3.50. The van der Waals surface area contributed by atoms with E-state index in [0.717, 1.165) is 28.1 Å². The molecule has 2 aromatic heterocycles. The quantitative estimate of drug-likeness (QED) is 0.791. The number of hydrogen-bond acceptors (Lipinski definition) is 3. The molecule has 0 radical (unpaired) electrons. The fourth-order valence-corrected chi connectivity index (χ4v) is 2.67. The summed E-state index contributed by atoms with van der Waals surface area (Å²) in [5.41, 5.74) is 2.38. The van der Waals surface area contributed by atoms with Crippen molar-refractivity contribution < 1.29 is 4.79 Å². The van der Waals surface area contributed by atoms with Gasteiger partial charge in [0.05, 0.1) is 33.1 Å². The van der Waals surface area contributed by atoms with Crippen LogP contribution in [0.5, 0.6) is 0 Å². The molecule has 0 bridgehead atoms. The Morgan fingerprint density at radius 1 is 1.41 bits per heavy atom. The average Bonchev–Trinajstić information content (AvgIpc) is 2.95. The highest BCUT2D eigenvalue weighted by Gasteiger charge is 2.17. The van der Waals surface area contributed by atoms with Crippen molar-refractivity contribution in [3.63, 3.8) is 0 Å². The van der Waals surface area contributed by atoms with Gasteiger partial charge in [-0.25, -0.2) is 0 Å². The topological polar surface area (TPSA) is 56.0 Å². The number of hydrogen-bond donors (Lipinski definition) is 0. The van der Waals surface area contributed by atoms with Gasteiger partial charge in [0.25, 0.3) is 0 Å². The first-order chi connectivity index (χ1) is 10.3. The first kappa shape index (κ1) is 17.0. The number of nitrogens with zero attached hydrogens (tertiary/aromatic N) is 5. The Kier molecular flexibility index (Phi) is 5.28. The molecule has 0 aromatic carbocycles. The van der Waals surface area contributed by atoms with Crippen molar-refractivity contribution in [2.45, 2.75) is 40.4 Å². The van der Waals surface area contributed by atoms with Crippen molar-refractivity contribution in [2.24, 2.45) is 0 Å². The molecule has 2 heterocycles. The lowest BCUT2D eigenvalue weighted by Crippen LogP contribution is -2.30. The third kappa shape index (κ3) is 3.52. The van der Waals surface area contributed by atoms with Crippen LogP contribution >= 0.6 is 27.5 Å². The minimum atomic E-state index is -0.0415. The smallest absolute Gasteiger partial charge is 0.244 e. The van der Waals surface area contributed by atoms with E-state index in [2.05, 4.69) is 26.1 Å². The van der Waals surface area contributed by atoms with Crippen molar-refractivity contribution in [3.8, 4) is 0 Å². The molecule has 2 aromatic rings. The molecule has 0 spiro atoms. The summed E-state index contributed by atoms with van der Waals surface area (Å²) in [5.74, 6) is -0.0415. The zero-order valence-corrected chi connectivity index (χ0v) is 15.4. The van der Waals surface area contributed by atoms with Gasteiger partial charge in [-0.05, 0) is 36.7 Å². The summed E-state index contributed by atoms with van der Waals surface area (Å²) in [7, 11) is 1.76. The molecule has 1 amide bonds. The second-order valence-corrected chi connectivity index (χ2v) is 6.40. The van der Waals surface area contributed by atoms with Crippen molar-refractivity contribution in [1.29, 1.82) is 0 Å². The van der Waals surface area contributed by atoms with E-state index in [-0.39, 0.29) is 12.5 Å². The third-order valence-corrected chi connectivity index (χ3v) is 4.71. The SMILES string of the molecule is CCn1cc(Br)c(CN(C)C(=O)Cn2nc(C)c(Cl)c2C)n1. The normalized spacial score (nSPS) is 11.0. The fraction of sp³-hybridized carbons (Fsp3) is 0.500. The minimum absolute atomic E-state index is 0.0415. The molecule has 0 saturated carbocycles. The van der Waals surface area contributed by atoms with E-state index in [4.69, 9.17) is 11.6 Å². The number of carbonyl (C=O) groups excluding carboxylic acids is 1. The van der Waals surface area contributed by atoms with Crippen LogP contribution in [0.4, 0.5) is 0 Å². The lowest BCUT2D eigenvalue weighted by Gasteiger charge is -2.16. The van der Waals surface area contributed by atoms with E-state index in [1.54, 1.807) is 16.6 Å². The lowest BCUT2D eigenvalue weighted by atomic mass is 10.3. The number of likely N-dealkylation sites (N-methyl/N-ethyl adjacent to an activating group) is 1. The first-order valence-corrected chi connectivity index (χ1v) is 8.15. The summed E-state index contributed by atoms with van der Waals surface area (Å²) in [6, 6.07) is 0. The molecule has 0 aliphatic heterocycles. The van der Waals surface area contributed by atoms with Gasteiger partial charge in [0.1, 0.15) is 6.54 Å². The Balaban J connectivity index is 2.05. The molecule has 0 unspecified atom stereocenters. The van der Waals surface area contributed by atoms with Crippen LogP contribution in [-0.4, -0.2) is 37.4 Å². The summed E-state index contributed by atoms with van der Waals surface area (Å²) < 4.78 is 4.37. The number of carbonyl (C=O) groups is 1. The maximum Gasteiger partial charge on any atom is 0.244 e. The monoisotopic (exact) mass is 387 g/mol. The highest BCUT2D eigenvalue weighted by atomic mass is 79.9. The van der Waals surface area contributed by atoms with Crippen molar-refractivity contribution in [1.82, 2.24) is 24.5 Å². The van der Waals surface area contributed by atoms with Gasteiger partial charge in [-0.1, -0.05) is 11.6 Å². The summed E-state index contributed by atoms with van der Waals surface area (Å²) in [6.45, 7) is 7.11. The number of aryl methyl sites for hydroxylation is 2. The van der Waals surface area contributed by atoms with Crippen LogP contribution in [0.15, 0.2) is 10.7 Å². The van der Waals surface area contributed by atoms with E-state index in [0.29, 0.717) is 11.6 Å². The number of aromatic nitrogens is 4. The van der Waals surface area contributed by atoms with Crippen LogP contribution in [0.1, 0.15) is 24.0 Å². The van der Waals surface area contributed by atoms with Gasteiger partial charge in [-0.15, -0.1) is 0 Å². The van der Waals surface area contributed by atoms with Crippen molar-refractivity contribution >= 4 is 33.4 Å². The Bertz CT molecular complexity index is 694. The largest absolute Gasteiger partial charge is 0.338 e. The molecule has 0 N–H and O–H groups in total. The van der Waals surface area contributed by atoms with Gasteiger partial charge >= 0.3 is 0 Å². The van der Waals surface area contributed by atoms with Crippen molar-refractivity contribution in [3.05, 3.63) is 32.8 Å². The van der Waals surface area contributed by atoms with E-state index < -0.39 is 0 Å². The van der Waals surface area contributed by atoms with Crippen LogP contribution in [0.2, 0.25) is 5.02 Å². The van der Waals surface area contributed by atoms with Gasteiger partial charge in [-0.2, -0.15) is 10.2 Å². The zero-order valence-electron chi connectivity index (χ0n) is 13.1. The van der Waals surface area contributed by atoms with E-state index in [1.165, 1.54) is 0 Å². The molecule has 22 heavy (non-hydrogen) atoms. The highest BCUT2D eigenvalue weighted by Crippen LogP contribution is 2.19. The Labute approximate surface area is 143 Å². The first-order valence-electron chi connectivity index (χ1n) is 6.98. The van der Waals surface area contributed by atoms with Crippen LogP contribution in [-0.2, 0) is 24.4 Å². The fourth-order valence-electron chi connectivity index (χ4n) is 2.10. The van der Waals surface area contributed by atoms with Gasteiger partial charge in [0.15, 0.2) is 0 Å². The van der Waals surface area contributed by atoms with E-state index in [1.807, 2.05) is 31.6 Å². The second-order valence-electron chi connectivity index (χ2n) is 5.17. The minimum Gasteiger partial charge on any atom is -0.338 e. The molecule has 6 nitrogen and oxygen atoms in total. The standard InChI is InChI=1S/C14H19BrClN5O/c1-5-20-6-11(15)12(18-20)7-19(4)13(22)8-21-10(3)14(16)9(2)17-21/h6H,5,7-8H2,1-4H3. The summed E-state index contributed by atoms with van der Waals surface area (Å²) >= 11 is 9.57. The molecule has 120 valence electrons. The summed E-state index contributed by atoms with van der Waals surface area (Å²) in [4.78, 5) is 14.0.